The van der Waals surface area contributed by atoms with Crippen molar-refractivity contribution in [2.24, 2.45) is 5.92 Å². The van der Waals surface area contributed by atoms with Gasteiger partial charge in [0.2, 0.25) is 11.8 Å². The zero-order valence-electron chi connectivity index (χ0n) is 23.0. The summed E-state index contributed by atoms with van der Waals surface area (Å²) in [4.78, 5) is 28.1. The second-order valence-corrected chi connectivity index (χ2v) is 12.0. The molecular weight excluding hydrogens is 517 g/mol. The third kappa shape index (κ3) is 7.66. The second-order valence-electron chi connectivity index (χ2n) is 10.1. The van der Waals surface area contributed by atoms with Crippen LogP contribution in [0.5, 0.6) is 0 Å². The van der Waals surface area contributed by atoms with Gasteiger partial charge in [-0.3, -0.25) is 13.9 Å². The van der Waals surface area contributed by atoms with Gasteiger partial charge in [0.1, 0.15) is 18.4 Å². The zero-order valence-corrected chi connectivity index (χ0v) is 23.8. The monoisotopic (exact) mass is 553 g/mol. The minimum atomic E-state index is -4.15. The van der Waals surface area contributed by atoms with Crippen LogP contribution in [0.25, 0.3) is 0 Å². The van der Waals surface area contributed by atoms with E-state index in [1.54, 1.807) is 43.3 Å². The molecule has 0 saturated heterocycles. The van der Waals surface area contributed by atoms with Crippen molar-refractivity contribution in [2.75, 3.05) is 17.4 Å². The molecule has 3 aromatic rings. The van der Waals surface area contributed by atoms with Gasteiger partial charge in [-0.05, 0) is 68.1 Å². The van der Waals surface area contributed by atoms with E-state index < -0.39 is 40.2 Å². The summed E-state index contributed by atoms with van der Waals surface area (Å²) in [6.07, 6.45) is 0. The Balaban J connectivity index is 2.04. The molecule has 208 valence electrons. The smallest absolute Gasteiger partial charge is 0.264 e. The van der Waals surface area contributed by atoms with Crippen molar-refractivity contribution in [3.05, 3.63) is 95.3 Å². The van der Waals surface area contributed by atoms with Gasteiger partial charge in [0.25, 0.3) is 10.0 Å². The zero-order chi connectivity index (χ0) is 28.7. The lowest BCUT2D eigenvalue weighted by molar-refractivity contribution is -0.139. The van der Waals surface area contributed by atoms with Crippen LogP contribution in [0.2, 0.25) is 0 Å². The van der Waals surface area contributed by atoms with Crippen LogP contribution in [0, 0.1) is 25.6 Å². The Kier molecular flexibility index (Phi) is 9.86. The van der Waals surface area contributed by atoms with Crippen LogP contribution >= 0.6 is 0 Å². The second kappa shape index (κ2) is 12.9. The SMILES string of the molecule is Cc1cc(C)cc(N(CC(=O)N(Cc2ccccc2F)C(C)C(=O)NCC(C)C)S(=O)(=O)c2ccccc2)c1. The molecule has 0 heterocycles. The fraction of sp³-hybridized carbons (Fsp3) is 0.333. The molecule has 0 fully saturated rings. The van der Waals surface area contributed by atoms with E-state index in [-0.39, 0.29) is 22.9 Å². The van der Waals surface area contributed by atoms with E-state index in [0.717, 1.165) is 15.4 Å². The van der Waals surface area contributed by atoms with Crippen molar-refractivity contribution < 1.29 is 22.4 Å². The largest absolute Gasteiger partial charge is 0.354 e. The molecule has 1 N–H and O–H groups in total. The number of aryl methyl sites for hydroxylation is 2. The molecule has 3 aromatic carbocycles. The number of hydrogen-bond acceptors (Lipinski definition) is 4. The number of nitrogens with one attached hydrogen (secondary N) is 1. The van der Waals surface area contributed by atoms with Crippen LogP contribution in [-0.4, -0.2) is 44.3 Å². The number of carbonyl (C=O) groups is 2. The average Bonchev–Trinajstić information content (AvgIpc) is 2.89. The maximum absolute atomic E-state index is 14.6. The number of anilines is 1. The Morgan fingerprint density at radius 3 is 2.08 bits per heavy atom. The molecular formula is C30H36FN3O4S. The quantitative estimate of drug-likeness (QED) is 0.369. The minimum absolute atomic E-state index is 0.0281. The van der Waals surface area contributed by atoms with Crippen molar-refractivity contribution in [1.82, 2.24) is 10.2 Å². The highest BCUT2D eigenvalue weighted by molar-refractivity contribution is 7.92. The first-order valence-corrected chi connectivity index (χ1v) is 14.3. The van der Waals surface area contributed by atoms with Crippen molar-refractivity contribution in [1.29, 1.82) is 0 Å². The third-order valence-electron chi connectivity index (χ3n) is 6.25. The summed E-state index contributed by atoms with van der Waals surface area (Å²) in [5.41, 5.74) is 2.20. The first-order chi connectivity index (χ1) is 18.4. The van der Waals surface area contributed by atoms with Crippen molar-refractivity contribution in [2.45, 2.75) is 52.1 Å². The molecule has 0 aromatic heterocycles. The highest BCUT2D eigenvalue weighted by Crippen LogP contribution is 2.26. The Morgan fingerprint density at radius 1 is 0.897 bits per heavy atom. The predicted molar refractivity (Wildman–Crippen MR) is 151 cm³/mol. The summed E-state index contributed by atoms with van der Waals surface area (Å²) >= 11 is 0. The van der Waals surface area contributed by atoms with E-state index >= 15 is 0 Å². The molecule has 1 unspecified atom stereocenters. The van der Waals surface area contributed by atoms with E-state index in [4.69, 9.17) is 0 Å². The minimum Gasteiger partial charge on any atom is -0.354 e. The van der Waals surface area contributed by atoms with Crippen molar-refractivity contribution in [3.63, 3.8) is 0 Å². The van der Waals surface area contributed by atoms with Crippen LogP contribution in [0.1, 0.15) is 37.5 Å². The molecule has 0 spiro atoms. The molecule has 0 radical (unpaired) electrons. The van der Waals surface area contributed by atoms with Crippen LogP contribution in [0.15, 0.2) is 77.7 Å². The Bertz CT molecular complexity index is 1390. The predicted octanol–water partition coefficient (Wildman–Crippen LogP) is 4.83. The molecule has 0 aliphatic rings. The number of hydrogen-bond donors (Lipinski definition) is 1. The summed E-state index contributed by atoms with van der Waals surface area (Å²) in [6, 6.07) is 18.2. The van der Waals surface area contributed by atoms with E-state index in [2.05, 4.69) is 5.32 Å². The summed E-state index contributed by atoms with van der Waals surface area (Å²) in [5, 5.41) is 2.82. The lowest BCUT2D eigenvalue weighted by atomic mass is 10.1. The van der Waals surface area contributed by atoms with Crippen molar-refractivity contribution >= 4 is 27.5 Å². The number of halogens is 1. The molecule has 3 rings (SSSR count). The summed E-state index contributed by atoms with van der Waals surface area (Å²) in [7, 11) is -4.15. The molecule has 0 bridgehead atoms. The van der Waals surface area contributed by atoms with Gasteiger partial charge in [-0.1, -0.05) is 56.3 Å². The molecule has 0 saturated carbocycles. The highest BCUT2D eigenvalue weighted by atomic mass is 32.2. The number of amides is 2. The maximum Gasteiger partial charge on any atom is 0.264 e. The number of benzene rings is 3. The lowest BCUT2D eigenvalue weighted by Gasteiger charge is -2.32. The normalized spacial score (nSPS) is 12.2. The first-order valence-electron chi connectivity index (χ1n) is 12.9. The fourth-order valence-corrected chi connectivity index (χ4v) is 5.61. The van der Waals surface area contributed by atoms with Gasteiger partial charge in [0.15, 0.2) is 0 Å². The molecule has 9 heteroatoms. The summed E-state index contributed by atoms with van der Waals surface area (Å²) in [6.45, 7) is 8.77. The molecule has 0 aliphatic carbocycles. The van der Waals surface area contributed by atoms with Gasteiger partial charge in [-0.25, -0.2) is 12.8 Å². The van der Waals surface area contributed by atoms with Gasteiger partial charge in [0, 0.05) is 18.7 Å². The number of rotatable bonds is 11. The van der Waals surface area contributed by atoms with Crippen LogP contribution in [0.4, 0.5) is 10.1 Å². The van der Waals surface area contributed by atoms with Crippen LogP contribution in [0.3, 0.4) is 0 Å². The van der Waals surface area contributed by atoms with Gasteiger partial charge in [0.05, 0.1) is 10.6 Å². The topological polar surface area (TPSA) is 86.8 Å². The molecule has 2 amide bonds. The van der Waals surface area contributed by atoms with Crippen LogP contribution < -0.4 is 9.62 Å². The van der Waals surface area contributed by atoms with E-state index in [1.165, 1.54) is 35.2 Å². The maximum atomic E-state index is 14.6. The van der Waals surface area contributed by atoms with Gasteiger partial charge >= 0.3 is 0 Å². The summed E-state index contributed by atoms with van der Waals surface area (Å²) < 4.78 is 43.3. The summed E-state index contributed by atoms with van der Waals surface area (Å²) in [5.74, 6) is -1.37. The van der Waals surface area contributed by atoms with Gasteiger partial charge in [-0.2, -0.15) is 0 Å². The van der Waals surface area contributed by atoms with Gasteiger partial charge in [-0.15, -0.1) is 0 Å². The standard InChI is InChI=1S/C30H36FN3O4S/c1-21(2)18-32-30(36)24(5)33(19-25-11-9-10-14-28(25)31)29(35)20-34(26-16-22(3)15-23(4)17-26)39(37,38)27-12-7-6-8-13-27/h6-17,21,24H,18-20H2,1-5H3,(H,32,36). The Labute approximate surface area is 230 Å². The molecule has 0 aliphatic heterocycles. The van der Waals surface area contributed by atoms with Crippen molar-refractivity contribution in [3.8, 4) is 0 Å². The molecule has 7 nitrogen and oxygen atoms in total. The first kappa shape index (κ1) is 29.8. The molecule has 39 heavy (non-hydrogen) atoms. The molecule has 1 atom stereocenters. The average molecular weight is 554 g/mol. The highest BCUT2D eigenvalue weighted by Gasteiger charge is 2.33. The number of nitrogens with zero attached hydrogens (tertiary/aromatic N) is 2. The Hall–Kier alpha value is -3.72. The van der Waals surface area contributed by atoms with E-state index in [1.807, 2.05) is 33.8 Å². The van der Waals surface area contributed by atoms with E-state index in [0.29, 0.717) is 12.2 Å². The van der Waals surface area contributed by atoms with E-state index in [9.17, 15) is 22.4 Å². The van der Waals surface area contributed by atoms with Gasteiger partial charge < -0.3 is 10.2 Å². The number of carbonyl (C=O) groups excluding carboxylic acids is 2. The number of sulfonamides is 1. The Morgan fingerprint density at radius 2 is 1.49 bits per heavy atom. The third-order valence-corrected chi connectivity index (χ3v) is 8.04. The fourth-order valence-electron chi connectivity index (χ4n) is 4.19. The van der Waals surface area contributed by atoms with Crippen LogP contribution in [-0.2, 0) is 26.2 Å². The lowest BCUT2D eigenvalue weighted by Crippen LogP contribution is -2.51.